The highest BCUT2D eigenvalue weighted by Gasteiger charge is 2.27. The zero-order chi connectivity index (χ0) is 14.0. The molecule has 0 spiro atoms. The Morgan fingerprint density at radius 3 is 2.74 bits per heavy atom. The SMILES string of the molecule is C[C@@H](OC(=O)c1ccc(Br)cc1F)C(=O)NC1CC1. The fraction of sp³-hybridized carbons (Fsp3) is 0.385. The van der Waals surface area contributed by atoms with E-state index >= 15 is 0 Å². The van der Waals surface area contributed by atoms with Crippen molar-refractivity contribution in [1.82, 2.24) is 5.32 Å². The van der Waals surface area contributed by atoms with Crippen LogP contribution in [0.15, 0.2) is 22.7 Å². The van der Waals surface area contributed by atoms with E-state index in [1.807, 2.05) is 0 Å². The fourth-order valence-corrected chi connectivity index (χ4v) is 1.81. The lowest BCUT2D eigenvalue weighted by molar-refractivity contribution is -0.129. The molecule has 1 atom stereocenters. The number of ether oxygens (including phenoxy) is 1. The van der Waals surface area contributed by atoms with Gasteiger partial charge in [-0.05, 0) is 38.0 Å². The lowest BCUT2D eigenvalue weighted by atomic mass is 10.2. The summed E-state index contributed by atoms with van der Waals surface area (Å²) in [6.07, 6.45) is 0.970. The summed E-state index contributed by atoms with van der Waals surface area (Å²) in [6.45, 7) is 1.46. The standard InChI is InChI=1S/C13H13BrFNO3/c1-7(12(17)16-9-3-4-9)19-13(18)10-5-2-8(14)6-11(10)15/h2,5-7,9H,3-4H2,1H3,(H,16,17)/t7-/m1/s1. The van der Waals surface area contributed by atoms with E-state index in [4.69, 9.17) is 4.74 Å². The number of carbonyl (C=O) groups is 2. The summed E-state index contributed by atoms with van der Waals surface area (Å²) in [7, 11) is 0. The van der Waals surface area contributed by atoms with Crippen molar-refractivity contribution in [1.29, 1.82) is 0 Å². The first-order chi connectivity index (χ1) is 8.97. The maximum atomic E-state index is 13.5. The van der Waals surface area contributed by atoms with Crippen LogP contribution in [0.5, 0.6) is 0 Å². The van der Waals surface area contributed by atoms with Crippen LogP contribution in [0, 0.1) is 5.82 Å². The number of hydrogen-bond acceptors (Lipinski definition) is 3. The number of amides is 1. The third kappa shape index (κ3) is 3.76. The van der Waals surface area contributed by atoms with Crippen molar-refractivity contribution in [2.45, 2.75) is 31.9 Å². The van der Waals surface area contributed by atoms with Gasteiger partial charge in [0.1, 0.15) is 5.82 Å². The average Bonchev–Trinajstić information content (AvgIpc) is 3.12. The number of halogens is 2. The van der Waals surface area contributed by atoms with E-state index < -0.39 is 17.9 Å². The van der Waals surface area contributed by atoms with Crippen LogP contribution in [0.1, 0.15) is 30.1 Å². The van der Waals surface area contributed by atoms with Crippen LogP contribution in [0.4, 0.5) is 4.39 Å². The highest BCUT2D eigenvalue weighted by Crippen LogP contribution is 2.19. The predicted molar refractivity (Wildman–Crippen MR) is 70.1 cm³/mol. The van der Waals surface area contributed by atoms with E-state index in [1.165, 1.54) is 25.1 Å². The molecule has 19 heavy (non-hydrogen) atoms. The molecule has 1 aromatic rings. The molecule has 0 radical (unpaired) electrons. The Labute approximate surface area is 118 Å². The monoisotopic (exact) mass is 329 g/mol. The molecule has 1 saturated carbocycles. The first kappa shape index (κ1) is 14.0. The van der Waals surface area contributed by atoms with E-state index in [2.05, 4.69) is 21.2 Å². The summed E-state index contributed by atoms with van der Waals surface area (Å²) >= 11 is 3.10. The number of hydrogen-bond donors (Lipinski definition) is 1. The van der Waals surface area contributed by atoms with Gasteiger partial charge in [-0.2, -0.15) is 0 Å². The lowest BCUT2D eigenvalue weighted by Gasteiger charge is -2.13. The van der Waals surface area contributed by atoms with E-state index in [1.54, 1.807) is 0 Å². The molecule has 1 aromatic carbocycles. The summed E-state index contributed by atoms with van der Waals surface area (Å²) in [5, 5.41) is 2.72. The van der Waals surface area contributed by atoms with Gasteiger partial charge in [-0.15, -0.1) is 0 Å². The predicted octanol–water partition coefficient (Wildman–Crippen LogP) is 2.41. The number of esters is 1. The van der Waals surface area contributed by atoms with Crippen LogP contribution in [-0.4, -0.2) is 24.0 Å². The molecule has 2 rings (SSSR count). The summed E-state index contributed by atoms with van der Waals surface area (Å²) in [5.74, 6) is -1.88. The normalized spacial score (nSPS) is 15.7. The van der Waals surface area contributed by atoms with E-state index in [9.17, 15) is 14.0 Å². The maximum Gasteiger partial charge on any atom is 0.341 e. The van der Waals surface area contributed by atoms with Crippen LogP contribution in [0.25, 0.3) is 0 Å². The van der Waals surface area contributed by atoms with Gasteiger partial charge in [-0.1, -0.05) is 15.9 Å². The van der Waals surface area contributed by atoms with Gasteiger partial charge >= 0.3 is 5.97 Å². The minimum absolute atomic E-state index is 0.186. The molecular weight excluding hydrogens is 317 g/mol. The topological polar surface area (TPSA) is 55.4 Å². The van der Waals surface area contributed by atoms with Crippen LogP contribution in [-0.2, 0) is 9.53 Å². The summed E-state index contributed by atoms with van der Waals surface area (Å²) in [5.41, 5.74) is -0.186. The van der Waals surface area contributed by atoms with Gasteiger partial charge in [0, 0.05) is 10.5 Å². The molecule has 4 nitrogen and oxygen atoms in total. The summed E-state index contributed by atoms with van der Waals surface area (Å²) in [4.78, 5) is 23.3. The van der Waals surface area contributed by atoms with Crippen molar-refractivity contribution in [3.63, 3.8) is 0 Å². The third-order valence-electron chi connectivity index (χ3n) is 2.73. The highest BCUT2D eigenvalue weighted by molar-refractivity contribution is 9.10. The average molecular weight is 330 g/mol. The van der Waals surface area contributed by atoms with Crippen LogP contribution >= 0.6 is 15.9 Å². The molecule has 1 aliphatic carbocycles. The van der Waals surface area contributed by atoms with E-state index in [0.717, 1.165) is 12.8 Å². The molecule has 0 saturated heterocycles. The number of rotatable bonds is 4. The van der Waals surface area contributed by atoms with Crippen molar-refractivity contribution in [2.75, 3.05) is 0 Å². The Morgan fingerprint density at radius 1 is 1.47 bits per heavy atom. The third-order valence-corrected chi connectivity index (χ3v) is 3.22. The van der Waals surface area contributed by atoms with Gasteiger partial charge in [0.15, 0.2) is 6.10 Å². The minimum atomic E-state index is -0.934. The summed E-state index contributed by atoms with van der Waals surface area (Å²) in [6, 6.07) is 4.21. The van der Waals surface area contributed by atoms with Crippen molar-refractivity contribution in [3.8, 4) is 0 Å². The van der Waals surface area contributed by atoms with Crippen molar-refractivity contribution < 1.29 is 18.7 Å². The first-order valence-electron chi connectivity index (χ1n) is 5.94. The van der Waals surface area contributed by atoms with Gasteiger partial charge in [0.2, 0.25) is 0 Å². The van der Waals surface area contributed by atoms with E-state index in [-0.39, 0.29) is 17.5 Å². The van der Waals surface area contributed by atoms with Gasteiger partial charge in [0.05, 0.1) is 5.56 Å². The molecule has 0 aliphatic heterocycles. The van der Waals surface area contributed by atoms with Gasteiger partial charge in [-0.3, -0.25) is 4.79 Å². The molecule has 1 amide bonds. The van der Waals surface area contributed by atoms with Gasteiger partial charge < -0.3 is 10.1 Å². The quantitative estimate of drug-likeness (QED) is 0.863. The molecule has 0 unspecified atom stereocenters. The van der Waals surface area contributed by atoms with Crippen molar-refractivity contribution >= 4 is 27.8 Å². The Kier molecular flexibility index (Phi) is 4.19. The van der Waals surface area contributed by atoms with E-state index in [0.29, 0.717) is 4.47 Å². The molecule has 6 heteroatoms. The number of benzene rings is 1. The van der Waals surface area contributed by atoms with Crippen molar-refractivity contribution in [3.05, 3.63) is 34.1 Å². The lowest BCUT2D eigenvalue weighted by Crippen LogP contribution is -2.37. The second kappa shape index (κ2) is 5.69. The largest absolute Gasteiger partial charge is 0.449 e. The summed E-state index contributed by atoms with van der Waals surface area (Å²) < 4.78 is 19.0. The molecule has 0 bridgehead atoms. The number of carbonyl (C=O) groups excluding carboxylic acids is 2. The van der Waals surface area contributed by atoms with Gasteiger partial charge in [0.25, 0.3) is 5.91 Å². The minimum Gasteiger partial charge on any atom is -0.449 e. The Bertz CT molecular complexity index is 517. The fourth-order valence-electron chi connectivity index (χ4n) is 1.48. The maximum absolute atomic E-state index is 13.5. The smallest absolute Gasteiger partial charge is 0.341 e. The Morgan fingerprint density at radius 2 is 2.16 bits per heavy atom. The number of nitrogens with one attached hydrogen (secondary N) is 1. The Balaban J connectivity index is 1.97. The highest BCUT2D eigenvalue weighted by atomic mass is 79.9. The van der Waals surface area contributed by atoms with Gasteiger partial charge in [-0.25, -0.2) is 9.18 Å². The molecule has 102 valence electrons. The zero-order valence-electron chi connectivity index (χ0n) is 10.3. The van der Waals surface area contributed by atoms with Crippen LogP contribution < -0.4 is 5.32 Å². The molecule has 1 fully saturated rings. The first-order valence-corrected chi connectivity index (χ1v) is 6.73. The van der Waals surface area contributed by atoms with Crippen molar-refractivity contribution in [2.24, 2.45) is 0 Å². The Hall–Kier alpha value is -1.43. The molecule has 0 aromatic heterocycles. The van der Waals surface area contributed by atoms with Crippen LogP contribution in [0.3, 0.4) is 0 Å². The molecule has 1 aliphatic rings. The zero-order valence-corrected chi connectivity index (χ0v) is 11.9. The second-order valence-corrected chi connectivity index (χ2v) is 5.37. The second-order valence-electron chi connectivity index (χ2n) is 4.45. The van der Waals surface area contributed by atoms with Crippen LogP contribution in [0.2, 0.25) is 0 Å². The molecule has 1 N–H and O–H groups in total. The molecular formula is C13H13BrFNO3. The molecule has 0 heterocycles.